The molecule has 0 spiro atoms. The van der Waals surface area contributed by atoms with E-state index in [1.54, 1.807) is 6.33 Å². The van der Waals surface area contributed by atoms with E-state index in [9.17, 15) is 19.2 Å². The summed E-state index contributed by atoms with van der Waals surface area (Å²) in [4.78, 5) is 56.0. The van der Waals surface area contributed by atoms with Gasteiger partial charge in [0.15, 0.2) is 0 Å². The molecule has 3 atom stereocenters. The molecule has 0 aliphatic carbocycles. The van der Waals surface area contributed by atoms with Crippen molar-refractivity contribution < 1.29 is 29.0 Å². The van der Waals surface area contributed by atoms with E-state index < -0.39 is 36.0 Å². The Morgan fingerprint density at radius 3 is 2.30 bits per heavy atom. The van der Waals surface area contributed by atoms with Crippen molar-refractivity contribution >= 4 is 23.8 Å². The van der Waals surface area contributed by atoms with Crippen LogP contribution in [-0.4, -0.2) is 57.0 Å². The second-order valence-corrected chi connectivity index (χ2v) is 10.9. The Labute approximate surface area is 237 Å². The lowest BCUT2D eigenvalue weighted by Gasteiger charge is -2.26. The number of amides is 2. The van der Waals surface area contributed by atoms with Crippen molar-refractivity contribution in [2.75, 3.05) is 0 Å². The van der Waals surface area contributed by atoms with Crippen LogP contribution in [-0.2, 0) is 36.9 Å². The minimum atomic E-state index is -1.03. The Morgan fingerprint density at radius 2 is 1.68 bits per heavy atom. The number of hydrogen-bond acceptors (Lipinski definition) is 7. The van der Waals surface area contributed by atoms with E-state index in [0.717, 1.165) is 30.7 Å². The predicted molar refractivity (Wildman–Crippen MR) is 151 cm³/mol. The van der Waals surface area contributed by atoms with Crippen molar-refractivity contribution in [3.63, 3.8) is 0 Å². The molecule has 1 aliphatic rings. The molecule has 0 bridgehead atoms. The predicted octanol–water partition coefficient (Wildman–Crippen LogP) is 3.65. The molecule has 0 fully saturated rings. The fourth-order valence-electron chi connectivity index (χ4n) is 5.04. The van der Waals surface area contributed by atoms with Crippen LogP contribution in [0.25, 0.3) is 0 Å². The minimum absolute atomic E-state index is 0.0919. The first-order valence-electron chi connectivity index (χ1n) is 15.1. The van der Waals surface area contributed by atoms with Gasteiger partial charge < -0.3 is 25.9 Å². The summed E-state index contributed by atoms with van der Waals surface area (Å²) in [6.07, 6.45) is 14.9. The molecule has 40 heavy (non-hydrogen) atoms. The van der Waals surface area contributed by atoms with Crippen LogP contribution in [0.1, 0.15) is 121 Å². The van der Waals surface area contributed by atoms with Gasteiger partial charge in [0.25, 0.3) is 0 Å². The lowest BCUT2D eigenvalue weighted by Crippen LogP contribution is -2.53. The first-order chi connectivity index (χ1) is 19.3. The molecule has 1 aromatic rings. The Bertz CT molecular complexity index is 920. The maximum Gasteiger partial charge on any atom is 0.328 e. The zero-order valence-corrected chi connectivity index (χ0v) is 24.1. The zero-order valence-electron chi connectivity index (χ0n) is 24.1. The molecule has 0 aromatic carbocycles. The van der Waals surface area contributed by atoms with Crippen LogP contribution in [0.2, 0.25) is 0 Å². The maximum atomic E-state index is 13.1. The van der Waals surface area contributed by atoms with E-state index in [-0.39, 0.29) is 31.6 Å². The number of aliphatic carboxylic acids is 1. The highest BCUT2D eigenvalue weighted by Gasteiger charge is 2.31. The van der Waals surface area contributed by atoms with Gasteiger partial charge >= 0.3 is 11.9 Å². The number of primary amides is 1. The average molecular weight is 564 g/mol. The first-order valence-corrected chi connectivity index (χ1v) is 15.1. The fraction of sp³-hybridized carbons (Fsp3) is 0.759. The summed E-state index contributed by atoms with van der Waals surface area (Å²) in [5, 5.41) is 14.9. The molecule has 6 N–H and O–H groups in total. The van der Waals surface area contributed by atoms with E-state index in [1.807, 2.05) is 0 Å². The number of aromatic amines is 1. The van der Waals surface area contributed by atoms with E-state index in [0.29, 0.717) is 19.4 Å². The Hall–Kier alpha value is -2.95. The number of hydrogen-bond donors (Lipinski definition) is 5. The lowest BCUT2D eigenvalue weighted by atomic mass is 10.0. The number of nitrogens with zero attached hydrogens (tertiary/aromatic N) is 1. The number of rotatable bonds is 22. The molecule has 11 heteroatoms. The van der Waals surface area contributed by atoms with Gasteiger partial charge in [-0.25, -0.2) is 9.78 Å². The molecule has 1 aliphatic heterocycles. The van der Waals surface area contributed by atoms with E-state index in [2.05, 4.69) is 27.5 Å². The number of carboxylic acid groups (broad SMARTS) is 1. The summed E-state index contributed by atoms with van der Waals surface area (Å²) in [5.74, 6) is -2.61. The second-order valence-electron chi connectivity index (χ2n) is 10.9. The van der Waals surface area contributed by atoms with Crippen molar-refractivity contribution in [1.29, 1.82) is 0 Å². The molecular formula is C29H49N5O6. The highest BCUT2D eigenvalue weighted by Crippen LogP contribution is 2.17. The molecule has 0 saturated heterocycles. The molecule has 2 amide bonds. The number of carboxylic acids is 1. The summed E-state index contributed by atoms with van der Waals surface area (Å²) in [7, 11) is 0. The van der Waals surface area contributed by atoms with Crippen LogP contribution >= 0.6 is 0 Å². The van der Waals surface area contributed by atoms with Crippen LogP contribution in [0, 0.1) is 0 Å². The number of fused-ring (bicyclic) bond motifs is 1. The maximum absolute atomic E-state index is 13.1. The molecule has 1 aromatic heterocycles. The number of carbonyl (C=O) groups excluding carboxylic acids is 3. The molecule has 0 unspecified atom stereocenters. The van der Waals surface area contributed by atoms with Gasteiger partial charge in [0.05, 0.1) is 30.2 Å². The smallest absolute Gasteiger partial charge is 0.328 e. The molecule has 2 heterocycles. The Balaban J connectivity index is 1.82. The zero-order chi connectivity index (χ0) is 29.2. The standard InChI is InChI=1S/C29H49N5O6/c1-2-3-4-5-6-7-8-9-10-11-12-14-21(17-26(30)35)40-29(39)22(15-13-16-27(36)37)34-28(38)24-18-23-25(19-31-24)33-20-32-23/h20-22,24,31H,2-19H2,1H3,(H2,30,35)(H,32,33)(H,34,38)(H,36,37)/t21-,22-,24-/m0/s1. The lowest BCUT2D eigenvalue weighted by molar-refractivity contribution is -0.155. The number of unbranched alkanes of at least 4 members (excludes halogenated alkanes) is 10. The van der Waals surface area contributed by atoms with Crippen molar-refractivity contribution in [2.24, 2.45) is 5.73 Å². The second kappa shape index (κ2) is 19.2. The van der Waals surface area contributed by atoms with E-state index >= 15 is 0 Å². The van der Waals surface area contributed by atoms with Crippen LogP contribution < -0.4 is 16.4 Å². The number of nitrogens with two attached hydrogens (primary N) is 1. The van der Waals surface area contributed by atoms with Gasteiger partial charge in [0.2, 0.25) is 11.8 Å². The first kappa shape index (κ1) is 33.3. The number of carbonyl (C=O) groups is 4. The summed E-state index contributed by atoms with van der Waals surface area (Å²) >= 11 is 0. The van der Waals surface area contributed by atoms with Crippen molar-refractivity contribution in [2.45, 2.75) is 141 Å². The van der Waals surface area contributed by atoms with Gasteiger partial charge in [0, 0.05) is 19.4 Å². The number of H-pyrrole nitrogens is 1. The number of nitrogens with one attached hydrogen (secondary N) is 3. The van der Waals surface area contributed by atoms with Crippen LogP contribution in [0.3, 0.4) is 0 Å². The Morgan fingerprint density at radius 1 is 1.02 bits per heavy atom. The third-order valence-corrected chi connectivity index (χ3v) is 7.37. The topological polar surface area (TPSA) is 176 Å². The van der Waals surface area contributed by atoms with Crippen molar-refractivity contribution in [1.82, 2.24) is 20.6 Å². The molecule has 0 saturated carbocycles. The van der Waals surface area contributed by atoms with Gasteiger partial charge in [-0.3, -0.25) is 19.7 Å². The molecule has 0 radical (unpaired) electrons. The number of imidazole rings is 1. The average Bonchev–Trinajstić information content (AvgIpc) is 3.38. The molecule has 11 nitrogen and oxygen atoms in total. The third kappa shape index (κ3) is 13.4. The highest BCUT2D eigenvalue weighted by atomic mass is 16.5. The number of aromatic nitrogens is 2. The van der Waals surface area contributed by atoms with E-state index in [4.69, 9.17) is 15.6 Å². The fourth-order valence-corrected chi connectivity index (χ4v) is 5.04. The minimum Gasteiger partial charge on any atom is -0.481 e. The quantitative estimate of drug-likeness (QED) is 0.105. The van der Waals surface area contributed by atoms with Gasteiger partial charge in [-0.2, -0.15) is 0 Å². The van der Waals surface area contributed by atoms with Gasteiger partial charge in [-0.05, 0) is 25.7 Å². The SMILES string of the molecule is CCCCCCCCCCCCC[C@@H](CC(N)=O)OC(=O)[C@H](CCCC(=O)O)NC(=O)[C@@H]1Cc2nc[nH]c2CN1. The monoisotopic (exact) mass is 563 g/mol. The third-order valence-electron chi connectivity index (χ3n) is 7.37. The molecule has 2 rings (SSSR count). The summed E-state index contributed by atoms with van der Waals surface area (Å²) in [6, 6.07) is -1.61. The van der Waals surface area contributed by atoms with Crippen molar-refractivity contribution in [3.8, 4) is 0 Å². The van der Waals surface area contributed by atoms with Crippen LogP contribution in [0.4, 0.5) is 0 Å². The van der Waals surface area contributed by atoms with Crippen LogP contribution in [0.15, 0.2) is 6.33 Å². The largest absolute Gasteiger partial charge is 0.481 e. The van der Waals surface area contributed by atoms with Gasteiger partial charge in [-0.15, -0.1) is 0 Å². The normalized spacial score (nSPS) is 16.1. The van der Waals surface area contributed by atoms with Gasteiger partial charge in [-0.1, -0.05) is 71.1 Å². The Kier molecular flexibility index (Phi) is 15.9. The van der Waals surface area contributed by atoms with Gasteiger partial charge in [0.1, 0.15) is 12.1 Å². The number of esters is 1. The summed E-state index contributed by atoms with van der Waals surface area (Å²) in [5.41, 5.74) is 7.12. The van der Waals surface area contributed by atoms with E-state index in [1.165, 1.54) is 51.4 Å². The summed E-state index contributed by atoms with van der Waals surface area (Å²) in [6.45, 7) is 2.67. The molecular weight excluding hydrogens is 514 g/mol. The molecule has 226 valence electrons. The summed E-state index contributed by atoms with van der Waals surface area (Å²) < 4.78 is 5.67. The number of ether oxygens (including phenoxy) is 1. The highest BCUT2D eigenvalue weighted by molar-refractivity contribution is 5.88. The van der Waals surface area contributed by atoms with Crippen molar-refractivity contribution in [3.05, 3.63) is 17.7 Å². The van der Waals surface area contributed by atoms with Crippen LogP contribution in [0.5, 0.6) is 0 Å².